The van der Waals surface area contributed by atoms with Gasteiger partial charge in [-0.2, -0.15) is 0 Å². The van der Waals surface area contributed by atoms with Crippen molar-refractivity contribution in [2.45, 2.75) is 20.8 Å². The van der Waals surface area contributed by atoms with E-state index in [9.17, 15) is 14.4 Å². The summed E-state index contributed by atoms with van der Waals surface area (Å²) in [6.07, 6.45) is 0. The second-order valence-corrected chi connectivity index (χ2v) is 10.5. The third-order valence-electron chi connectivity index (χ3n) is 5.25. The van der Waals surface area contributed by atoms with E-state index in [1.54, 1.807) is 38.1 Å². The Morgan fingerprint density at radius 1 is 0.943 bits per heavy atom. The van der Waals surface area contributed by atoms with Crippen molar-refractivity contribution in [1.82, 2.24) is 0 Å². The molecule has 4 rings (SSSR count). The number of amides is 2. The van der Waals surface area contributed by atoms with Gasteiger partial charge in [0.25, 0.3) is 11.8 Å². The van der Waals surface area contributed by atoms with Crippen LogP contribution < -0.4 is 10.6 Å². The Morgan fingerprint density at radius 3 is 2.37 bits per heavy atom. The number of hydrogen-bond donors (Lipinski definition) is 2. The van der Waals surface area contributed by atoms with Gasteiger partial charge >= 0.3 is 5.97 Å². The normalized spacial score (nSPS) is 10.9. The number of benzene rings is 2. The van der Waals surface area contributed by atoms with Crippen LogP contribution in [0.25, 0.3) is 10.1 Å². The van der Waals surface area contributed by atoms with E-state index in [1.165, 1.54) is 11.3 Å². The fourth-order valence-corrected chi connectivity index (χ4v) is 6.28. The minimum absolute atomic E-state index is 0.139. The summed E-state index contributed by atoms with van der Waals surface area (Å²) in [6.45, 7) is 5.37. The largest absolute Gasteiger partial charge is 0.462 e. The van der Waals surface area contributed by atoms with E-state index in [2.05, 4.69) is 10.6 Å². The van der Waals surface area contributed by atoms with Crippen LogP contribution in [0.1, 0.15) is 47.8 Å². The standard InChI is InChI=1S/C25H20Cl2N2O4S2/c1-4-33-25(32)18-13(3)20(22(30)28-16-8-6-5-7-12(16)2)35-24(18)29-23(31)21-19(27)15-10-9-14(26)11-17(15)34-21/h5-11H,4H2,1-3H3,(H,28,30)(H,29,31). The van der Waals surface area contributed by atoms with Crippen molar-refractivity contribution in [3.63, 3.8) is 0 Å². The maximum atomic E-state index is 13.2. The number of halogens is 2. The second kappa shape index (κ2) is 10.4. The highest BCUT2D eigenvalue weighted by molar-refractivity contribution is 7.22. The first-order valence-corrected chi connectivity index (χ1v) is 13.0. The van der Waals surface area contributed by atoms with Gasteiger partial charge in [0.05, 0.1) is 22.1 Å². The molecule has 2 heterocycles. The zero-order valence-corrected chi connectivity index (χ0v) is 22.1. The highest BCUT2D eigenvalue weighted by Gasteiger charge is 2.28. The smallest absolute Gasteiger partial charge is 0.341 e. The molecule has 0 aliphatic carbocycles. The minimum atomic E-state index is -0.624. The molecule has 0 radical (unpaired) electrons. The molecule has 0 fully saturated rings. The molecule has 2 aromatic carbocycles. The van der Waals surface area contributed by atoms with E-state index < -0.39 is 11.9 Å². The number of fused-ring (bicyclic) bond motifs is 1. The lowest BCUT2D eigenvalue weighted by atomic mass is 10.1. The maximum absolute atomic E-state index is 13.2. The van der Waals surface area contributed by atoms with Crippen LogP contribution in [0.15, 0.2) is 42.5 Å². The molecule has 0 spiro atoms. The Kier molecular flexibility index (Phi) is 7.47. The van der Waals surface area contributed by atoms with Crippen molar-refractivity contribution in [3.8, 4) is 0 Å². The number of rotatable bonds is 6. The van der Waals surface area contributed by atoms with Gasteiger partial charge in [0, 0.05) is 20.8 Å². The first-order valence-electron chi connectivity index (χ1n) is 10.6. The molecule has 180 valence electrons. The predicted molar refractivity (Wildman–Crippen MR) is 144 cm³/mol. The van der Waals surface area contributed by atoms with Crippen LogP contribution in [0.2, 0.25) is 10.0 Å². The molecule has 0 unspecified atom stereocenters. The Hall–Kier alpha value is -2.91. The predicted octanol–water partition coefficient (Wildman–Crippen LogP) is 7.57. The monoisotopic (exact) mass is 546 g/mol. The first kappa shape index (κ1) is 25.2. The molecular weight excluding hydrogens is 527 g/mol. The number of nitrogens with one attached hydrogen (secondary N) is 2. The number of thiophene rings is 2. The minimum Gasteiger partial charge on any atom is -0.462 e. The Balaban J connectivity index is 1.70. The highest BCUT2D eigenvalue weighted by atomic mass is 35.5. The summed E-state index contributed by atoms with van der Waals surface area (Å²) in [7, 11) is 0. The molecule has 0 bridgehead atoms. The second-order valence-electron chi connectivity index (χ2n) is 7.59. The van der Waals surface area contributed by atoms with Gasteiger partial charge in [0.2, 0.25) is 0 Å². The van der Waals surface area contributed by atoms with Crippen molar-refractivity contribution >= 4 is 84.4 Å². The van der Waals surface area contributed by atoms with Crippen molar-refractivity contribution in [1.29, 1.82) is 0 Å². The van der Waals surface area contributed by atoms with Crippen molar-refractivity contribution in [3.05, 3.63) is 79.0 Å². The third-order valence-corrected chi connectivity index (χ3v) is 8.35. The van der Waals surface area contributed by atoms with Crippen LogP contribution in [0, 0.1) is 13.8 Å². The van der Waals surface area contributed by atoms with E-state index in [4.69, 9.17) is 27.9 Å². The van der Waals surface area contributed by atoms with E-state index in [1.807, 2.05) is 25.1 Å². The van der Waals surface area contributed by atoms with E-state index in [0.717, 1.165) is 21.6 Å². The molecule has 0 atom stereocenters. The van der Waals surface area contributed by atoms with E-state index >= 15 is 0 Å². The summed E-state index contributed by atoms with van der Waals surface area (Å²) in [5.74, 6) is -1.51. The molecular formula is C25H20Cl2N2O4S2. The first-order chi connectivity index (χ1) is 16.7. The van der Waals surface area contributed by atoms with Crippen LogP contribution >= 0.6 is 45.9 Å². The Morgan fingerprint density at radius 2 is 1.66 bits per heavy atom. The molecule has 0 saturated heterocycles. The molecule has 6 nitrogen and oxygen atoms in total. The zero-order chi connectivity index (χ0) is 25.3. The molecule has 4 aromatic rings. The number of anilines is 2. The van der Waals surface area contributed by atoms with Gasteiger partial charge in [0.1, 0.15) is 9.88 Å². The number of hydrogen-bond acceptors (Lipinski definition) is 6. The SMILES string of the molecule is CCOC(=O)c1c(NC(=O)c2sc3cc(Cl)ccc3c2Cl)sc(C(=O)Nc2ccccc2C)c1C. The number of aryl methyl sites for hydroxylation is 1. The lowest BCUT2D eigenvalue weighted by Gasteiger charge is -2.07. The lowest BCUT2D eigenvalue weighted by Crippen LogP contribution is -2.15. The van der Waals surface area contributed by atoms with Crippen LogP contribution in [0.5, 0.6) is 0 Å². The number of para-hydroxylation sites is 1. The average molecular weight is 547 g/mol. The van der Waals surface area contributed by atoms with Crippen LogP contribution in [-0.2, 0) is 4.74 Å². The quantitative estimate of drug-likeness (QED) is 0.244. The summed E-state index contributed by atoms with van der Waals surface area (Å²) in [5.41, 5.74) is 2.11. The third kappa shape index (κ3) is 5.06. The summed E-state index contributed by atoms with van der Waals surface area (Å²) in [6, 6.07) is 12.6. The zero-order valence-electron chi connectivity index (χ0n) is 19.0. The van der Waals surface area contributed by atoms with Crippen molar-refractivity contribution in [2.75, 3.05) is 17.2 Å². The van der Waals surface area contributed by atoms with Gasteiger partial charge in [0.15, 0.2) is 0 Å². The number of ether oxygens (including phenoxy) is 1. The fourth-order valence-electron chi connectivity index (χ4n) is 3.50. The molecule has 0 aliphatic heterocycles. The molecule has 2 aromatic heterocycles. The van der Waals surface area contributed by atoms with Gasteiger partial charge in [-0.05, 0) is 50.1 Å². The maximum Gasteiger partial charge on any atom is 0.341 e. The van der Waals surface area contributed by atoms with Gasteiger partial charge in [-0.15, -0.1) is 22.7 Å². The molecule has 0 saturated carbocycles. The topological polar surface area (TPSA) is 84.5 Å². The molecule has 2 N–H and O–H groups in total. The highest BCUT2D eigenvalue weighted by Crippen LogP contribution is 2.39. The van der Waals surface area contributed by atoms with Gasteiger partial charge in [-0.1, -0.05) is 47.5 Å². The molecule has 2 amide bonds. The van der Waals surface area contributed by atoms with Crippen LogP contribution in [-0.4, -0.2) is 24.4 Å². The Labute approximate surface area is 219 Å². The summed E-state index contributed by atoms with van der Waals surface area (Å²) < 4.78 is 5.96. The summed E-state index contributed by atoms with van der Waals surface area (Å²) in [4.78, 5) is 39.6. The fraction of sp³-hybridized carbons (Fsp3) is 0.160. The van der Waals surface area contributed by atoms with Crippen molar-refractivity contribution < 1.29 is 19.1 Å². The van der Waals surface area contributed by atoms with Crippen LogP contribution in [0.3, 0.4) is 0 Å². The van der Waals surface area contributed by atoms with E-state index in [0.29, 0.717) is 31.6 Å². The molecule has 35 heavy (non-hydrogen) atoms. The van der Waals surface area contributed by atoms with Crippen molar-refractivity contribution in [2.24, 2.45) is 0 Å². The van der Waals surface area contributed by atoms with E-state index in [-0.39, 0.29) is 28.0 Å². The average Bonchev–Trinajstić information content (AvgIpc) is 3.31. The number of carbonyl (C=O) groups excluding carboxylic acids is 3. The molecule has 0 aliphatic rings. The van der Waals surface area contributed by atoms with Gasteiger partial charge < -0.3 is 15.4 Å². The number of carbonyl (C=O) groups is 3. The summed E-state index contributed by atoms with van der Waals surface area (Å²) >= 11 is 14.7. The summed E-state index contributed by atoms with van der Waals surface area (Å²) in [5, 5.41) is 7.38. The van der Waals surface area contributed by atoms with Gasteiger partial charge in [-0.25, -0.2) is 4.79 Å². The number of esters is 1. The van der Waals surface area contributed by atoms with Crippen LogP contribution in [0.4, 0.5) is 10.7 Å². The van der Waals surface area contributed by atoms with Gasteiger partial charge in [-0.3, -0.25) is 9.59 Å². The molecule has 10 heteroatoms. The lowest BCUT2D eigenvalue weighted by molar-refractivity contribution is 0.0527. The Bertz CT molecular complexity index is 1480.